The zero-order valence-electron chi connectivity index (χ0n) is 21.8. The van der Waals surface area contributed by atoms with Gasteiger partial charge in [0, 0.05) is 5.97 Å². The number of ether oxygens (including phenoxy) is 3. The van der Waals surface area contributed by atoms with Gasteiger partial charge in [-0.15, -0.1) is 0 Å². The van der Waals surface area contributed by atoms with Crippen LogP contribution in [0.5, 0.6) is 17.2 Å². The molecule has 3 rings (SSSR count). The molecule has 0 aliphatic carbocycles. The van der Waals surface area contributed by atoms with Gasteiger partial charge in [0.25, 0.3) is 0 Å². The Kier molecular flexibility index (Phi) is 13.4. The van der Waals surface area contributed by atoms with Gasteiger partial charge in [-0.1, -0.05) is 27.7 Å². The largest absolute Gasteiger partial charge is 0.550 e. The molecule has 3 aromatic carbocycles. The SMILES string of the molecule is CCC(=O)[O-].CCCOc1ccc([S+](c2ccc(OCCC)cc2)c2ccc(OCCC)cc2)cc1. The molecule has 0 saturated carbocycles. The van der Waals surface area contributed by atoms with Gasteiger partial charge >= 0.3 is 0 Å². The van der Waals surface area contributed by atoms with Crippen LogP contribution in [0.4, 0.5) is 0 Å². The fraction of sp³-hybridized carbons (Fsp3) is 0.367. The molecule has 6 heteroatoms. The van der Waals surface area contributed by atoms with E-state index < -0.39 is 5.97 Å². The summed E-state index contributed by atoms with van der Waals surface area (Å²) in [6.45, 7) is 10.1. The molecule has 5 nitrogen and oxygen atoms in total. The lowest BCUT2D eigenvalue weighted by Crippen LogP contribution is -2.19. The number of carboxylic acids is 1. The smallest absolute Gasteiger partial charge is 0.166 e. The zero-order chi connectivity index (χ0) is 26.2. The Morgan fingerprint density at radius 3 is 1.03 bits per heavy atom. The first kappa shape index (κ1) is 29.1. The van der Waals surface area contributed by atoms with E-state index in [1.54, 1.807) is 0 Å². The van der Waals surface area contributed by atoms with Crippen molar-refractivity contribution in [2.45, 2.75) is 68.1 Å². The number of hydrogen-bond donors (Lipinski definition) is 0. The normalized spacial score (nSPS) is 10.4. The first-order valence-electron chi connectivity index (χ1n) is 12.6. The number of carboxylic acid groups (broad SMARTS) is 1. The molecule has 0 atom stereocenters. The quantitative estimate of drug-likeness (QED) is 0.253. The fourth-order valence-electron chi connectivity index (χ4n) is 3.08. The molecule has 0 fully saturated rings. The van der Waals surface area contributed by atoms with Crippen LogP contribution in [0.2, 0.25) is 0 Å². The minimum absolute atomic E-state index is 0.111. The van der Waals surface area contributed by atoms with Crippen molar-refractivity contribution < 1.29 is 24.1 Å². The fourth-order valence-corrected chi connectivity index (χ4v) is 5.13. The van der Waals surface area contributed by atoms with Crippen molar-refractivity contribution in [2.24, 2.45) is 0 Å². The molecule has 0 bridgehead atoms. The average Bonchev–Trinajstić information content (AvgIpc) is 2.92. The molecule has 36 heavy (non-hydrogen) atoms. The number of carbonyl (C=O) groups excluding carboxylic acids is 1. The highest BCUT2D eigenvalue weighted by Crippen LogP contribution is 2.34. The maximum atomic E-state index is 9.26. The van der Waals surface area contributed by atoms with Crippen LogP contribution >= 0.6 is 0 Å². The van der Waals surface area contributed by atoms with E-state index in [9.17, 15) is 9.90 Å². The lowest BCUT2D eigenvalue weighted by molar-refractivity contribution is -0.305. The number of carbonyl (C=O) groups is 1. The molecule has 0 heterocycles. The van der Waals surface area contributed by atoms with Gasteiger partial charge in [0.2, 0.25) is 0 Å². The monoisotopic (exact) mass is 510 g/mol. The van der Waals surface area contributed by atoms with Gasteiger partial charge in [0.05, 0.1) is 30.7 Å². The predicted octanol–water partition coefficient (Wildman–Crippen LogP) is 6.29. The Morgan fingerprint density at radius 2 is 0.833 bits per heavy atom. The minimum atomic E-state index is -0.995. The average molecular weight is 511 g/mol. The summed E-state index contributed by atoms with van der Waals surface area (Å²) < 4.78 is 17.3. The lowest BCUT2D eigenvalue weighted by Gasteiger charge is -2.11. The van der Waals surface area contributed by atoms with Crippen LogP contribution in [0.25, 0.3) is 0 Å². The maximum absolute atomic E-state index is 9.26. The summed E-state index contributed by atoms with van der Waals surface area (Å²) >= 11 is 0. The van der Waals surface area contributed by atoms with E-state index in [2.05, 4.69) is 93.6 Å². The second kappa shape index (κ2) is 16.5. The summed E-state index contributed by atoms with van der Waals surface area (Å²) in [6, 6.07) is 25.5. The van der Waals surface area contributed by atoms with E-state index in [1.807, 2.05) is 0 Å². The third-order valence-electron chi connectivity index (χ3n) is 4.89. The molecule has 0 unspecified atom stereocenters. The van der Waals surface area contributed by atoms with E-state index in [0.717, 1.165) is 56.3 Å². The molecule has 0 aliphatic rings. The summed E-state index contributed by atoms with van der Waals surface area (Å²) in [7, 11) is -0.223. The van der Waals surface area contributed by atoms with Crippen molar-refractivity contribution in [3.05, 3.63) is 72.8 Å². The topological polar surface area (TPSA) is 67.8 Å². The Morgan fingerprint density at radius 1 is 0.583 bits per heavy atom. The highest BCUT2D eigenvalue weighted by Gasteiger charge is 2.29. The van der Waals surface area contributed by atoms with Crippen LogP contribution in [0, 0.1) is 0 Å². The van der Waals surface area contributed by atoms with Crippen molar-refractivity contribution in [2.75, 3.05) is 19.8 Å². The molecule has 0 amide bonds. The summed E-state index contributed by atoms with van der Waals surface area (Å²) in [5, 5.41) is 9.26. The van der Waals surface area contributed by atoms with E-state index in [4.69, 9.17) is 14.2 Å². The number of hydrogen-bond acceptors (Lipinski definition) is 5. The Bertz CT molecular complexity index is 879. The molecule has 0 aliphatic heterocycles. The summed E-state index contributed by atoms with van der Waals surface area (Å²) in [6.07, 6.45) is 3.13. The van der Waals surface area contributed by atoms with Gasteiger partial charge < -0.3 is 24.1 Å². The summed E-state index contributed by atoms with van der Waals surface area (Å²) in [4.78, 5) is 13.0. The molecule has 0 spiro atoms. The van der Waals surface area contributed by atoms with Gasteiger partial charge in [-0.25, -0.2) is 0 Å². The first-order valence-corrected chi connectivity index (χ1v) is 13.9. The zero-order valence-corrected chi connectivity index (χ0v) is 22.6. The summed E-state index contributed by atoms with van der Waals surface area (Å²) in [5.74, 6) is 1.76. The number of benzene rings is 3. The third kappa shape index (κ3) is 9.86. The highest BCUT2D eigenvalue weighted by molar-refractivity contribution is 7.97. The Hall–Kier alpha value is -3.12. The first-order chi connectivity index (χ1) is 17.5. The van der Waals surface area contributed by atoms with Crippen LogP contribution in [0.15, 0.2) is 87.5 Å². The van der Waals surface area contributed by atoms with Gasteiger partial charge in [-0.2, -0.15) is 0 Å². The lowest BCUT2D eigenvalue weighted by atomic mass is 10.3. The molecular formula is C30H38O5S. The Balaban J connectivity index is 0.000000830. The Labute approximate surface area is 218 Å². The van der Waals surface area contributed by atoms with Gasteiger partial charge in [-0.3, -0.25) is 0 Å². The van der Waals surface area contributed by atoms with Crippen LogP contribution < -0.4 is 19.3 Å². The molecule has 194 valence electrons. The van der Waals surface area contributed by atoms with Crippen LogP contribution in [0.1, 0.15) is 53.4 Å². The van der Waals surface area contributed by atoms with Crippen LogP contribution in [0.3, 0.4) is 0 Å². The molecule has 0 N–H and O–H groups in total. The number of aliphatic carboxylic acids is 1. The second-order valence-electron chi connectivity index (χ2n) is 7.99. The molecule has 0 aromatic heterocycles. The van der Waals surface area contributed by atoms with E-state index in [1.165, 1.54) is 21.6 Å². The standard InChI is InChI=1S/C27H33O3S.C3H6O2/c1-4-19-28-22-7-13-25(14-8-22)31(26-15-9-23(10-16-26)29-20-5-2)27-17-11-24(12-18-27)30-21-6-3;1-2-3(4)5/h7-18H,4-6,19-21H2,1-3H3;2H2,1H3,(H,4,5)/q+1;/p-1. The molecular weight excluding hydrogens is 472 g/mol. The highest BCUT2D eigenvalue weighted by atomic mass is 32.2. The third-order valence-corrected chi connectivity index (χ3v) is 7.12. The van der Waals surface area contributed by atoms with Crippen LogP contribution in [-0.2, 0) is 15.7 Å². The molecule has 3 aromatic rings. The maximum Gasteiger partial charge on any atom is 0.166 e. The van der Waals surface area contributed by atoms with Crippen molar-refractivity contribution in [3.63, 3.8) is 0 Å². The minimum Gasteiger partial charge on any atom is -0.550 e. The van der Waals surface area contributed by atoms with Crippen molar-refractivity contribution >= 4 is 16.9 Å². The van der Waals surface area contributed by atoms with Crippen molar-refractivity contribution in [3.8, 4) is 17.2 Å². The van der Waals surface area contributed by atoms with E-state index in [0.29, 0.717) is 0 Å². The van der Waals surface area contributed by atoms with Gasteiger partial charge in [0.15, 0.2) is 14.7 Å². The van der Waals surface area contributed by atoms with Crippen molar-refractivity contribution in [1.82, 2.24) is 0 Å². The van der Waals surface area contributed by atoms with Crippen molar-refractivity contribution in [1.29, 1.82) is 0 Å². The van der Waals surface area contributed by atoms with Gasteiger partial charge in [0.1, 0.15) is 17.2 Å². The number of rotatable bonds is 13. The summed E-state index contributed by atoms with van der Waals surface area (Å²) in [5.41, 5.74) is 0. The van der Waals surface area contributed by atoms with Crippen LogP contribution in [-0.4, -0.2) is 25.8 Å². The predicted molar refractivity (Wildman–Crippen MR) is 144 cm³/mol. The molecule has 0 radical (unpaired) electrons. The second-order valence-corrected chi connectivity index (χ2v) is 10.0. The molecule has 0 saturated heterocycles. The van der Waals surface area contributed by atoms with E-state index in [-0.39, 0.29) is 17.3 Å². The van der Waals surface area contributed by atoms with Gasteiger partial charge in [-0.05, 0) is 98.5 Å². The van der Waals surface area contributed by atoms with E-state index >= 15 is 0 Å².